The third-order valence-corrected chi connectivity index (χ3v) is 3.43. The maximum absolute atomic E-state index is 12.0. The number of halogens is 1. The summed E-state index contributed by atoms with van der Waals surface area (Å²) in [7, 11) is 3.62. The zero-order chi connectivity index (χ0) is 17.7. The first kappa shape index (κ1) is 17.4. The van der Waals surface area contributed by atoms with Gasteiger partial charge in [0.05, 0.1) is 11.1 Å². The highest BCUT2D eigenvalue weighted by Crippen LogP contribution is 2.22. The molecular formula is C16H15ClN4O3. The van der Waals surface area contributed by atoms with Gasteiger partial charge < -0.3 is 4.90 Å². The Balaban J connectivity index is 2.18. The Kier molecular flexibility index (Phi) is 5.49. The predicted octanol–water partition coefficient (Wildman–Crippen LogP) is 3.08. The van der Waals surface area contributed by atoms with Crippen molar-refractivity contribution >= 4 is 35.1 Å². The van der Waals surface area contributed by atoms with Crippen molar-refractivity contribution in [3.63, 3.8) is 0 Å². The first-order valence-electron chi connectivity index (χ1n) is 6.93. The summed E-state index contributed by atoms with van der Waals surface area (Å²) in [5.74, 6) is -0.403. The number of rotatable bonds is 5. The average Bonchev–Trinajstić information content (AvgIpc) is 2.55. The molecule has 0 aromatic heterocycles. The molecule has 2 rings (SSSR count). The number of amides is 1. The molecule has 0 bridgehead atoms. The van der Waals surface area contributed by atoms with Crippen molar-refractivity contribution in [1.82, 2.24) is 5.43 Å². The van der Waals surface area contributed by atoms with Crippen LogP contribution in [0.2, 0.25) is 5.02 Å². The minimum atomic E-state index is -0.483. The van der Waals surface area contributed by atoms with E-state index in [0.29, 0.717) is 16.1 Å². The SMILES string of the molecule is CN(C)c1ccc([N+](=O)[O-])cc1/C=N\NC(=O)c1ccc(Cl)cc1. The topological polar surface area (TPSA) is 87.8 Å². The lowest BCUT2D eigenvalue weighted by molar-refractivity contribution is -0.384. The molecule has 1 amide bonds. The second-order valence-corrected chi connectivity index (χ2v) is 5.54. The fourth-order valence-electron chi connectivity index (χ4n) is 1.99. The van der Waals surface area contributed by atoms with E-state index < -0.39 is 10.8 Å². The Labute approximate surface area is 143 Å². The van der Waals surface area contributed by atoms with Gasteiger partial charge >= 0.3 is 0 Å². The summed E-state index contributed by atoms with van der Waals surface area (Å²) < 4.78 is 0. The molecule has 0 atom stereocenters. The number of nitro benzene ring substituents is 1. The molecule has 8 heteroatoms. The molecule has 0 heterocycles. The minimum absolute atomic E-state index is 0.0499. The molecule has 1 N–H and O–H groups in total. The lowest BCUT2D eigenvalue weighted by atomic mass is 10.1. The molecule has 0 aliphatic rings. The van der Waals surface area contributed by atoms with E-state index in [1.165, 1.54) is 18.3 Å². The zero-order valence-corrected chi connectivity index (χ0v) is 13.8. The summed E-state index contributed by atoms with van der Waals surface area (Å²) in [6.07, 6.45) is 1.37. The Bertz CT molecular complexity index is 788. The van der Waals surface area contributed by atoms with Gasteiger partial charge in [0.15, 0.2) is 0 Å². The van der Waals surface area contributed by atoms with Crippen LogP contribution in [-0.2, 0) is 0 Å². The highest BCUT2D eigenvalue weighted by molar-refractivity contribution is 6.30. The van der Waals surface area contributed by atoms with Gasteiger partial charge in [0, 0.05) is 48.1 Å². The van der Waals surface area contributed by atoms with Gasteiger partial charge in [0.25, 0.3) is 11.6 Å². The maximum atomic E-state index is 12.0. The van der Waals surface area contributed by atoms with E-state index in [9.17, 15) is 14.9 Å². The van der Waals surface area contributed by atoms with E-state index in [1.54, 1.807) is 35.2 Å². The molecule has 0 fully saturated rings. The van der Waals surface area contributed by atoms with Gasteiger partial charge in [-0.25, -0.2) is 5.43 Å². The van der Waals surface area contributed by atoms with Crippen LogP contribution >= 0.6 is 11.6 Å². The second-order valence-electron chi connectivity index (χ2n) is 5.10. The van der Waals surface area contributed by atoms with E-state index in [1.807, 2.05) is 14.1 Å². The number of nitrogens with zero attached hydrogens (tertiary/aromatic N) is 3. The molecular weight excluding hydrogens is 332 g/mol. The van der Waals surface area contributed by atoms with Crippen molar-refractivity contribution in [3.05, 3.63) is 68.7 Å². The van der Waals surface area contributed by atoms with Crippen molar-refractivity contribution in [2.75, 3.05) is 19.0 Å². The van der Waals surface area contributed by atoms with Gasteiger partial charge in [0.1, 0.15) is 0 Å². The number of hydrogen-bond donors (Lipinski definition) is 1. The van der Waals surface area contributed by atoms with Crippen molar-refractivity contribution in [2.24, 2.45) is 5.10 Å². The number of nitro groups is 1. The molecule has 2 aromatic rings. The van der Waals surface area contributed by atoms with Gasteiger partial charge in [-0.05, 0) is 30.3 Å². The lowest BCUT2D eigenvalue weighted by Crippen LogP contribution is -2.18. The maximum Gasteiger partial charge on any atom is 0.271 e. The van der Waals surface area contributed by atoms with Crippen molar-refractivity contribution in [3.8, 4) is 0 Å². The highest BCUT2D eigenvalue weighted by atomic mass is 35.5. The summed E-state index contributed by atoms with van der Waals surface area (Å²) in [5.41, 5.74) is 4.00. The number of benzene rings is 2. The summed E-state index contributed by atoms with van der Waals surface area (Å²) in [4.78, 5) is 24.2. The number of carbonyl (C=O) groups is 1. The molecule has 7 nitrogen and oxygen atoms in total. The normalized spacial score (nSPS) is 10.6. The molecule has 24 heavy (non-hydrogen) atoms. The number of carbonyl (C=O) groups excluding carboxylic acids is 1. The first-order valence-corrected chi connectivity index (χ1v) is 7.31. The fourth-order valence-corrected chi connectivity index (χ4v) is 2.12. The van der Waals surface area contributed by atoms with Crippen LogP contribution in [-0.4, -0.2) is 31.1 Å². The molecule has 0 saturated carbocycles. The Hall–Kier alpha value is -2.93. The predicted molar refractivity (Wildman–Crippen MR) is 93.9 cm³/mol. The summed E-state index contributed by atoms with van der Waals surface area (Å²) in [5, 5.41) is 15.3. The molecule has 0 aliphatic heterocycles. The Morgan fingerprint density at radius 2 is 1.92 bits per heavy atom. The van der Waals surface area contributed by atoms with Crippen molar-refractivity contribution in [2.45, 2.75) is 0 Å². The standard InChI is InChI=1S/C16H15ClN4O3/c1-20(2)15-8-7-14(21(23)24)9-12(15)10-18-19-16(22)11-3-5-13(17)6-4-11/h3-10H,1-2H3,(H,19,22)/b18-10-. The van der Waals surface area contributed by atoms with E-state index in [2.05, 4.69) is 10.5 Å². The lowest BCUT2D eigenvalue weighted by Gasteiger charge is -2.14. The molecule has 0 spiro atoms. The number of nitrogens with one attached hydrogen (secondary N) is 1. The number of hydrazone groups is 1. The van der Waals surface area contributed by atoms with Gasteiger partial charge in [-0.15, -0.1) is 0 Å². The van der Waals surface area contributed by atoms with E-state index >= 15 is 0 Å². The van der Waals surface area contributed by atoms with Gasteiger partial charge in [-0.3, -0.25) is 14.9 Å². The summed E-state index contributed by atoms with van der Waals surface area (Å²) in [6.45, 7) is 0. The highest BCUT2D eigenvalue weighted by Gasteiger charge is 2.11. The minimum Gasteiger partial charge on any atom is -0.377 e. The van der Waals surface area contributed by atoms with Gasteiger partial charge in [-0.1, -0.05) is 11.6 Å². The molecule has 2 aromatic carbocycles. The monoisotopic (exact) mass is 346 g/mol. The van der Waals surface area contributed by atoms with Crippen LogP contribution in [0.15, 0.2) is 47.6 Å². The van der Waals surface area contributed by atoms with Crippen LogP contribution in [0, 0.1) is 10.1 Å². The van der Waals surface area contributed by atoms with E-state index in [-0.39, 0.29) is 5.69 Å². The van der Waals surface area contributed by atoms with E-state index in [0.717, 1.165) is 5.69 Å². The smallest absolute Gasteiger partial charge is 0.271 e. The Morgan fingerprint density at radius 1 is 1.25 bits per heavy atom. The van der Waals surface area contributed by atoms with E-state index in [4.69, 9.17) is 11.6 Å². The molecule has 0 radical (unpaired) electrons. The average molecular weight is 347 g/mol. The zero-order valence-electron chi connectivity index (χ0n) is 13.1. The largest absolute Gasteiger partial charge is 0.377 e. The summed E-state index contributed by atoms with van der Waals surface area (Å²) >= 11 is 5.77. The van der Waals surface area contributed by atoms with Crippen LogP contribution in [0.3, 0.4) is 0 Å². The molecule has 0 saturated heterocycles. The number of non-ortho nitro benzene ring substituents is 1. The van der Waals surface area contributed by atoms with Crippen molar-refractivity contribution in [1.29, 1.82) is 0 Å². The van der Waals surface area contributed by atoms with Crippen molar-refractivity contribution < 1.29 is 9.72 Å². The molecule has 124 valence electrons. The van der Waals surface area contributed by atoms with Crippen LogP contribution in [0.4, 0.5) is 11.4 Å². The second kappa shape index (κ2) is 7.56. The quantitative estimate of drug-likeness (QED) is 0.512. The van der Waals surface area contributed by atoms with Crippen LogP contribution < -0.4 is 10.3 Å². The van der Waals surface area contributed by atoms with Gasteiger partial charge in [0.2, 0.25) is 0 Å². The van der Waals surface area contributed by atoms with Crippen LogP contribution in [0.25, 0.3) is 0 Å². The molecule has 0 aliphatic carbocycles. The Morgan fingerprint density at radius 3 is 2.50 bits per heavy atom. The van der Waals surface area contributed by atoms with Crippen LogP contribution in [0.1, 0.15) is 15.9 Å². The third-order valence-electron chi connectivity index (χ3n) is 3.18. The molecule has 0 unspecified atom stereocenters. The number of hydrogen-bond acceptors (Lipinski definition) is 5. The first-order chi connectivity index (χ1) is 11.4. The fraction of sp³-hybridized carbons (Fsp3) is 0.125. The third kappa shape index (κ3) is 4.30. The number of anilines is 1. The summed E-state index contributed by atoms with van der Waals surface area (Å²) in [6, 6.07) is 10.8. The van der Waals surface area contributed by atoms with Gasteiger partial charge in [-0.2, -0.15) is 5.10 Å². The van der Waals surface area contributed by atoms with Crippen LogP contribution in [0.5, 0.6) is 0 Å².